The number of rotatable bonds is 9. The van der Waals surface area contributed by atoms with Crippen LogP contribution in [-0.2, 0) is 13.2 Å². The number of ether oxygens (including phenoxy) is 3. The van der Waals surface area contributed by atoms with Crippen LogP contribution < -0.4 is 14.2 Å². The standard InChI is InChI=1S/C26H28N2O3/c1-19-13-14-23(20(2)17-19)30-16-8-15-28-22-10-5-4-9-21(22)27-26(28)18-31-25-12-7-6-11-24(25)29-3/h4-7,9-14,17H,8,15-16,18H2,1-3H3. The first-order chi connectivity index (χ1) is 15.2. The summed E-state index contributed by atoms with van der Waals surface area (Å²) in [4.78, 5) is 4.80. The molecule has 0 bridgehead atoms. The second kappa shape index (κ2) is 9.56. The minimum Gasteiger partial charge on any atom is -0.493 e. The summed E-state index contributed by atoms with van der Waals surface area (Å²) in [6, 6.07) is 22.1. The number of methoxy groups -OCH3 is 1. The highest BCUT2D eigenvalue weighted by Gasteiger charge is 2.12. The number of aryl methyl sites for hydroxylation is 3. The van der Waals surface area contributed by atoms with E-state index in [1.54, 1.807) is 7.11 Å². The van der Waals surface area contributed by atoms with Crippen molar-refractivity contribution in [1.29, 1.82) is 0 Å². The van der Waals surface area contributed by atoms with Crippen molar-refractivity contribution in [3.05, 3.63) is 83.7 Å². The summed E-state index contributed by atoms with van der Waals surface area (Å²) in [7, 11) is 1.65. The molecule has 0 atom stereocenters. The van der Waals surface area contributed by atoms with Gasteiger partial charge in [-0.25, -0.2) is 4.98 Å². The van der Waals surface area contributed by atoms with Crippen LogP contribution in [0.25, 0.3) is 11.0 Å². The van der Waals surface area contributed by atoms with Crippen LogP contribution in [0.1, 0.15) is 23.4 Å². The Bertz CT molecular complexity index is 1170. The van der Waals surface area contributed by atoms with E-state index in [0.29, 0.717) is 24.7 Å². The van der Waals surface area contributed by atoms with Crippen molar-refractivity contribution in [3.63, 3.8) is 0 Å². The highest BCUT2D eigenvalue weighted by Crippen LogP contribution is 2.27. The van der Waals surface area contributed by atoms with Crippen molar-refractivity contribution in [2.24, 2.45) is 0 Å². The van der Waals surface area contributed by atoms with Crippen LogP contribution >= 0.6 is 0 Å². The first kappa shape index (κ1) is 20.8. The Kier molecular flexibility index (Phi) is 6.41. The van der Waals surface area contributed by atoms with Gasteiger partial charge in [-0.05, 0) is 56.2 Å². The molecular formula is C26H28N2O3. The second-order valence-corrected chi connectivity index (χ2v) is 7.58. The summed E-state index contributed by atoms with van der Waals surface area (Å²) in [5.74, 6) is 3.26. The van der Waals surface area contributed by atoms with Gasteiger partial charge in [-0.3, -0.25) is 0 Å². The lowest BCUT2D eigenvalue weighted by atomic mass is 10.1. The third kappa shape index (κ3) is 4.82. The van der Waals surface area contributed by atoms with E-state index in [0.717, 1.165) is 35.6 Å². The van der Waals surface area contributed by atoms with Gasteiger partial charge in [0.05, 0.1) is 24.8 Å². The Morgan fingerprint density at radius 3 is 2.42 bits per heavy atom. The van der Waals surface area contributed by atoms with Crippen LogP contribution in [0.4, 0.5) is 0 Å². The zero-order valence-corrected chi connectivity index (χ0v) is 18.3. The molecule has 0 aliphatic heterocycles. The monoisotopic (exact) mass is 416 g/mol. The number of hydrogen-bond acceptors (Lipinski definition) is 4. The molecule has 0 aliphatic carbocycles. The zero-order valence-electron chi connectivity index (χ0n) is 18.3. The Morgan fingerprint density at radius 2 is 1.61 bits per heavy atom. The average Bonchev–Trinajstić information content (AvgIpc) is 3.14. The van der Waals surface area contributed by atoms with Crippen molar-refractivity contribution in [3.8, 4) is 17.2 Å². The molecular weight excluding hydrogens is 388 g/mol. The van der Waals surface area contributed by atoms with E-state index in [1.807, 2.05) is 48.5 Å². The van der Waals surface area contributed by atoms with Crippen molar-refractivity contribution in [2.75, 3.05) is 13.7 Å². The van der Waals surface area contributed by atoms with Crippen LogP contribution in [0.2, 0.25) is 0 Å². The molecule has 0 spiro atoms. The normalized spacial score (nSPS) is 10.9. The molecule has 0 saturated carbocycles. The first-order valence-corrected chi connectivity index (χ1v) is 10.6. The predicted molar refractivity (Wildman–Crippen MR) is 123 cm³/mol. The van der Waals surface area contributed by atoms with Gasteiger partial charge in [0.1, 0.15) is 18.2 Å². The van der Waals surface area contributed by atoms with E-state index >= 15 is 0 Å². The van der Waals surface area contributed by atoms with E-state index in [1.165, 1.54) is 11.1 Å². The van der Waals surface area contributed by atoms with Gasteiger partial charge in [0, 0.05) is 6.54 Å². The number of benzene rings is 3. The SMILES string of the molecule is COc1ccccc1OCc1nc2ccccc2n1CCCOc1ccc(C)cc1C. The van der Waals surface area contributed by atoms with Gasteiger partial charge in [-0.15, -0.1) is 0 Å². The molecule has 5 heteroatoms. The smallest absolute Gasteiger partial charge is 0.161 e. The number of para-hydroxylation sites is 4. The van der Waals surface area contributed by atoms with Crippen LogP contribution in [0.15, 0.2) is 66.7 Å². The highest BCUT2D eigenvalue weighted by atomic mass is 16.5. The minimum absolute atomic E-state index is 0.368. The lowest BCUT2D eigenvalue weighted by molar-refractivity contribution is 0.267. The summed E-state index contributed by atoms with van der Waals surface area (Å²) in [6.45, 7) is 5.99. The third-order valence-electron chi connectivity index (χ3n) is 5.27. The number of hydrogen-bond donors (Lipinski definition) is 0. The van der Waals surface area contributed by atoms with Crippen molar-refractivity contribution in [1.82, 2.24) is 9.55 Å². The number of nitrogens with zero attached hydrogens (tertiary/aromatic N) is 2. The molecule has 160 valence electrons. The predicted octanol–water partition coefficient (Wildman–Crippen LogP) is 5.71. The largest absolute Gasteiger partial charge is 0.493 e. The molecule has 0 unspecified atom stereocenters. The maximum absolute atomic E-state index is 6.05. The van der Waals surface area contributed by atoms with E-state index in [2.05, 4.69) is 36.6 Å². The first-order valence-electron chi connectivity index (χ1n) is 10.6. The maximum atomic E-state index is 6.05. The lowest BCUT2D eigenvalue weighted by Gasteiger charge is -2.13. The quantitative estimate of drug-likeness (QED) is 0.328. The van der Waals surface area contributed by atoms with Crippen LogP contribution in [0.5, 0.6) is 17.2 Å². The lowest BCUT2D eigenvalue weighted by Crippen LogP contribution is -2.10. The third-order valence-corrected chi connectivity index (χ3v) is 5.27. The summed E-state index contributed by atoms with van der Waals surface area (Å²) < 4.78 is 19.7. The molecule has 0 N–H and O–H groups in total. The Balaban J connectivity index is 1.46. The van der Waals surface area contributed by atoms with E-state index < -0.39 is 0 Å². The number of fused-ring (bicyclic) bond motifs is 1. The fraction of sp³-hybridized carbons (Fsp3) is 0.269. The highest BCUT2D eigenvalue weighted by molar-refractivity contribution is 5.75. The van der Waals surface area contributed by atoms with Crippen LogP contribution in [0.3, 0.4) is 0 Å². The summed E-state index contributed by atoms with van der Waals surface area (Å²) >= 11 is 0. The summed E-state index contributed by atoms with van der Waals surface area (Å²) in [5, 5.41) is 0. The molecule has 1 aromatic heterocycles. The van der Waals surface area contributed by atoms with Crippen molar-refractivity contribution >= 4 is 11.0 Å². The summed E-state index contributed by atoms with van der Waals surface area (Å²) in [5.41, 5.74) is 4.48. The van der Waals surface area contributed by atoms with Crippen molar-refractivity contribution < 1.29 is 14.2 Å². The molecule has 0 fully saturated rings. The van der Waals surface area contributed by atoms with Gasteiger partial charge in [0.15, 0.2) is 11.5 Å². The molecule has 4 rings (SSSR count). The maximum Gasteiger partial charge on any atom is 0.161 e. The Morgan fingerprint density at radius 1 is 0.839 bits per heavy atom. The van der Waals surface area contributed by atoms with E-state index in [-0.39, 0.29) is 0 Å². The second-order valence-electron chi connectivity index (χ2n) is 7.58. The van der Waals surface area contributed by atoms with Crippen LogP contribution in [-0.4, -0.2) is 23.3 Å². The summed E-state index contributed by atoms with van der Waals surface area (Å²) in [6.07, 6.45) is 0.870. The fourth-order valence-electron chi connectivity index (χ4n) is 3.73. The van der Waals surface area contributed by atoms with Gasteiger partial charge in [0.2, 0.25) is 0 Å². The van der Waals surface area contributed by atoms with Crippen LogP contribution in [0, 0.1) is 13.8 Å². The Labute approximate surface area is 183 Å². The van der Waals surface area contributed by atoms with Gasteiger partial charge >= 0.3 is 0 Å². The molecule has 4 aromatic rings. The van der Waals surface area contributed by atoms with Gasteiger partial charge in [0.25, 0.3) is 0 Å². The van der Waals surface area contributed by atoms with Gasteiger partial charge in [-0.1, -0.05) is 42.0 Å². The van der Waals surface area contributed by atoms with E-state index in [9.17, 15) is 0 Å². The van der Waals surface area contributed by atoms with Crippen molar-refractivity contribution in [2.45, 2.75) is 33.4 Å². The molecule has 0 aliphatic rings. The number of aromatic nitrogens is 2. The van der Waals surface area contributed by atoms with Gasteiger partial charge < -0.3 is 18.8 Å². The molecule has 0 saturated heterocycles. The average molecular weight is 417 g/mol. The van der Waals surface area contributed by atoms with E-state index in [4.69, 9.17) is 19.2 Å². The molecule has 1 heterocycles. The fourth-order valence-corrected chi connectivity index (χ4v) is 3.73. The van der Waals surface area contributed by atoms with Gasteiger partial charge in [-0.2, -0.15) is 0 Å². The minimum atomic E-state index is 0.368. The molecule has 3 aromatic carbocycles. The zero-order chi connectivity index (χ0) is 21.6. The molecule has 0 amide bonds. The Hall–Kier alpha value is -3.47. The molecule has 5 nitrogen and oxygen atoms in total. The number of imidazole rings is 1. The molecule has 31 heavy (non-hydrogen) atoms. The topological polar surface area (TPSA) is 45.5 Å². The molecule has 0 radical (unpaired) electrons.